The fourth-order valence-corrected chi connectivity index (χ4v) is 2.93. The van der Waals surface area contributed by atoms with E-state index in [1.807, 2.05) is 11.8 Å². The third-order valence-electron chi connectivity index (χ3n) is 4.30. The van der Waals surface area contributed by atoms with Crippen LogP contribution in [0.5, 0.6) is 0 Å². The molecule has 0 aromatic carbocycles. The predicted molar refractivity (Wildman–Crippen MR) is 74.8 cm³/mol. The molecule has 0 saturated carbocycles. The number of ether oxygens (including phenoxy) is 1. The van der Waals surface area contributed by atoms with Crippen LogP contribution in [0.1, 0.15) is 26.7 Å². The number of nitrogens with two attached hydrogens (primary N) is 1. The predicted octanol–water partition coefficient (Wildman–Crippen LogP) is 0.295. The first-order valence-corrected chi connectivity index (χ1v) is 7.41. The highest BCUT2D eigenvalue weighted by molar-refractivity contribution is 5.85. The van der Waals surface area contributed by atoms with Crippen molar-refractivity contribution in [1.82, 2.24) is 9.80 Å². The first-order chi connectivity index (χ1) is 9.05. The van der Waals surface area contributed by atoms with Crippen molar-refractivity contribution < 1.29 is 9.53 Å². The highest BCUT2D eigenvalue weighted by atomic mass is 16.5. The van der Waals surface area contributed by atoms with Crippen LogP contribution >= 0.6 is 0 Å². The lowest BCUT2D eigenvalue weighted by Crippen LogP contribution is -2.55. The second-order valence-electron chi connectivity index (χ2n) is 6.12. The van der Waals surface area contributed by atoms with E-state index in [4.69, 9.17) is 10.5 Å². The largest absolute Gasteiger partial charge is 0.365 e. The van der Waals surface area contributed by atoms with Gasteiger partial charge in [0.15, 0.2) is 0 Å². The Morgan fingerprint density at radius 1 is 1.37 bits per heavy atom. The maximum atomic E-state index is 12.5. The quantitative estimate of drug-likeness (QED) is 0.797. The molecule has 2 saturated heterocycles. The molecular formula is C14H27N3O2. The Kier molecular flexibility index (Phi) is 4.81. The van der Waals surface area contributed by atoms with Crippen molar-refractivity contribution in [2.45, 2.75) is 32.3 Å². The molecule has 2 unspecified atom stereocenters. The van der Waals surface area contributed by atoms with Gasteiger partial charge in [0.25, 0.3) is 5.91 Å². The van der Waals surface area contributed by atoms with E-state index in [1.54, 1.807) is 0 Å². The van der Waals surface area contributed by atoms with Crippen molar-refractivity contribution in [2.75, 3.05) is 45.9 Å². The number of carbonyl (C=O) groups excluding carboxylic acids is 1. The van der Waals surface area contributed by atoms with Crippen molar-refractivity contribution in [3.8, 4) is 0 Å². The molecule has 2 rings (SSSR count). The van der Waals surface area contributed by atoms with Gasteiger partial charge in [0.05, 0.1) is 0 Å². The van der Waals surface area contributed by atoms with E-state index in [9.17, 15) is 4.79 Å². The van der Waals surface area contributed by atoms with Gasteiger partial charge < -0.3 is 15.4 Å². The number of hydrogen-bond acceptors (Lipinski definition) is 4. The lowest BCUT2D eigenvalue weighted by Gasteiger charge is -2.38. The highest BCUT2D eigenvalue weighted by Gasteiger charge is 2.41. The molecule has 110 valence electrons. The number of hydrogen-bond donors (Lipinski definition) is 1. The third kappa shape index (κ3) is 3.46. The molecule has 2 fully saturated rings. The monoisotopic (exact) mass is 269 g/mol. The first-order valence-electron chi connectivity index (χ1n) is 7.41. The molecule has 0 bridgehead atoms. The Bertz CT molecular complexity index is 308. The average Bonchev–Trinajstić information content (AvgIpc) is 2.87. The molecule has 2 aliphatic rings. The minimum absolute atomic E-state index is 0.177. The number of nitrogens with zero attached hydrogens (tertiary/aromatic N) is 2. The van der Waals surface area contributed by atoms with E-state index in [0.717, 1.165) is 58.7 Å². The maximum Gasteiger partial charge on any atom is 0.254 e. The Balaban J connectivity index is 1.81. The van der Waals surface area contributed by atoms with Gasteiger partial charge >= 0.3 is 0 Å². The molecule has 2 atom stereocenters. The van der Waals surface area contributed by atoms with Crippen LogP contribution in [-0.4, -0.2) is 67.2 Å². The molecule has 2 N–H and O–H groups in total. The van der Waals surface area contributed by atoms with Gasteiger partial charge in [-0.05, 0) is 32.2 Å². The summed E-state index contributed by atoms with van der Waals surface area (Å²) in [6.07, 6.45) is 1.85. The average molecular weight is 269 g/mol. The van der Waals surface area contributed by atoms with E-state index in [1.165, 1.54) is 0 Å². The van der Waals surface area contributed by atoms with Gasteiger partial charge in [-0.3, -0.25) is 9.69 Å². The van der Waals surface area contributed by atoms with Crippen molar-refractivity contribution in [2.24, 2.45) is 11.7 Å². The van der Waals surface area contributed by atoms with Crippen LogP contribution in [0.2, 0.25) is 0 Å². The Hall–Kier alpha value is -0.650. The topological polar surface area (TPSA) is 58.8 Å². The van der Waals surface area contributed by atoms with E-state index < -0.39 is 5.60 Å². The fraction of sp³-hybridized carbons (Fsp3) is 0.929. The summed E-state index contributed by atoms with van der Waals surface area (Å²) in [5.74, 6) is 0.703. The van der Waals surface area contributed by atoms with Gasteiger partial charge in [-0.25, -0.2) is 0 Å². The highest BCUT2D eigenvalue weighted by Crippen LogP contribution is 2.27. The molecule has 1 amide bonds. The van der Waals surface area contributed by atoms with Crippen LogP contribution < -0.4 is 5.73 Å². The maximum absolute atomic E-state index is 12.5. The van der Waals surface area contributed by atoms with Crippen molar-refractivity contribution in [3.63, 3.8) is 0 Å². The molecule has 0 aliphatic carbocycles. The Morgan fingerprint density at radius 3 is 2.58 bits per heavy atom. The molecule has 0 spiro atoms. The molecule has 5 heteroatoms. The SMILES string of the molecule is CC(CN)CN1CCN(C(=O)C2(C)CCCO2)CC1. The standard InChI is InChI=1S/C14H27N3O2/c1-12(10-15)11-16-5-7-17(8-6-16)13(18)14(2)4-3-9-19-14/h12H,3-11,15H2,1-2H3. The normalized spacial score (nSPS) is 30.6. The second-order valence-corrected chi connectivity index (χ2v) is 6.12. The number of piperazine rings is 1. The van der Waals surface area contributed by atoms with Gasteiger partial charge in [-0.15, -0.1) is 0 Å². The van der Waals surface area contributed by atoms with E-state index in [0.29, 0.717) is 5.92 Å². The summed E-state index contributed by atoms with van der Waals surface area (Å²) in [5, 5.41) is 0. The van der Waals surface area contributed by atoms with Gasteiger partial charge in [-0.2, -0.15) is 0 Å². The molecule has 0 aromatic rings. The minimum atomic E-state index is -0.563. The number of carbonyl (C=O) groups is 1. The first kappa shape index (κ1) is 14.8. The van der Waals surface area contributed by atoms with Crippen LogP contribution in [-0.2, 0) is 9.53 Å². The zero-order valence-corrected chi connectivity index (χ0v) is 12.2. The zero-order chi connectivity index (χ0) is 13.9. The molecule has 0 radical (unpaired) electrons. The molecule has 2 heterocycles. The fourth-order valence-electron chi connectivity index (χ4n) is 2.93. The van der Waals surface area contributed by atoms with Crippen LogP contribution in [0.4, 0.5) is 0 Å². The van der Waals surface area contributed by atoms with E-state index in [-0.39, 0.29) is 5.91 Å². The molecule has 2 aliphatic heterocycles. The molecular weight excluding hydrogens is 242 g/mol. The van der Waals surface area contributed by atoms with Gasteiger partial charge in [-0.1, -0.05) is 6.92 Å². The lowest BCUT2D eigenvalue weighted by atomic mass is 10.0. The zero-order valence-electron chi connectivity index (χ0n) is 12.2. The van der Waals surface area contributed by atoms with Crippen LogP contribution in [0, 0.1) is 5.92 Å². The Morgan fingerprint density at radius 2 is 2.05 bits per heavy atom. The summed E-state index contributed by atoms with van der Waals surface area (Å²) in [5.41, 5.74) is 5.09. The summed E-state index contributed by atoms with van der Waals surface area (Å²) in [6.45, 7) is 10.1. The summed E-state index contributed by atoms with van der Waals surface area (Å²) < 4.78 is 5.64. The molecule has 19 heavy (non-hydrogen) atoms. The van der Waals surface area contributed by atoms with Gasteiger partial charge in [0.2, 0.25) is 0 Å². The summed E-state index contributed by atoms with van der Waals surface area (Å²) in [4.78, 5) is 16.8. The third-order valence-corrected chi connectivity index (χ3v) is 4.30. The van der Waals surface area contributed by atoms with E-state index >= 15 is 0 Å². The van der Waals surface area contributed by atoms with Gasteiger partial charge in [0, 0.05) is 39.3 Å². The van der Waals surface area contributed by atoms with Crippen LogP contribution in [0.25, 0.3) is 0 Å². The number of rotatable bonds is 4. The van der Waals surface area contributed by atoms with E-state index in [2.05, 4.69) is 11.8 Å². The minimum Gasteiger partial charge on any atom is -0.365 e. The second kappa shape index (κ2) is 6.20. The van der Waals surface area contributed by atoms with Crippen LogP contribution in [0.3, 0.4) is 0 Å². The Labute approximate surface area is 116 Å². The summed E-state index contributed by atoms with van der Waals surface area (Å²) in [6, 6.07) is 0. The summed E-state index contributed by atoms with van der Waals surface area (Å²) in [7, 11) is 0. The van der Waals surface area contributed by atoms with Crippen molar-refractivity contribution >= 4 is 5.91 Å². The summed E-state index contributed by atoms with van der Waals surface area (Å²) >= 11 is 0. The smallest absolute Gasteiger partial charge is 0.254 e. The molecule has 5 nitrogen and oxygen atoms in total. The van der Waals surface area contributed by atoms with Crippen molar-refractivity contribution in [1.29, 1.82) is 0 Å². The van der Waals surface area contributed by atoms with Gasteiger partial charge in [0.1, 0.15) is 5.60 Å². The lowest BCUT2D eigenvalue weighted by molar-refractivity contribution is -0.152. The number of amides is 1. The van der Waals surface area contributed by atoms with Crippen LogP contribution in [0.15, 0.2) is 0 Å². The van der Waals surface area contributed by atoms with Crippen molar-refractivity contribution in [3.05, 3.63) is 0 Å². The molecule has 0 aromatic heterocycles.